The molecule has 122 valence electrons. The molecule has 23 heavy (non-hydrogen) atoms. The van der Waals surface area contributed by atoms with E-state index >= 15 is 0 Å². The summed E-state index contributed by atoms with van der Waals surface area (Å²) in [7, 11) is 1.78. The number of nitrogens with zero attached hydrogens (tertiary/aromatic N) is 1. The predicted molar refractivity (Wildman–Crippen MR) is 90.0 cm³/mol. The lowest BCUT2D eigenvalue weighted by Gasteiger charge is -2.18. The van der Waals surface area contributed by atoms with E-state index < -0.39 is 0 Å². The van der Waals surface area contributed by atoms with Gasteiger partial charge >= 0.3 is 6.03 Å². The molecule has 0 fully saturated rings. The molecule has 6 heteroatoms. The number of urea groups is 1. The zero-order valence-electron chi connectivity index (χ0n) is 13.3. The van der Waals surface area contributed by atoms with Gasteiger partial charge in [0.25, 0.3) is 0 Å². The number of thiophene rings is 1. The van der Waals surface area contributed by atoms with Crippen molar-refractivity contribution >= 4 is 17.4 Å². The number of amides is 2. The van der Waals surface area contributed by atoms with Crippen LogP contribution in [0, 0.1) is 0 Å². The number of hydrogen-bond acceptors (Lipinski definition) is 4. The summed E-state index contributed by atoms with van der Waals surface area (Å²) in [5, 5.41) is 2.95. The topological polar surface area (TPSA) is 50.8 Å². The van der Waals surface area contributed by atoms with Crippen LogP contribution in [-0.4, -0.2) is 24.8 Å². The van der Waals surface area contributed by atoms with Crippen molar-refractivity contribution < 1.29 is 14.3 Å². The molecule has 1 aliphatic rings. The minimum Gasteiger partial charge on any atom is -0.454 e. The highest BCUT2D eigenvalue weighted by molar-refractivity contribution is 7.11. The fraction of sp³-hybridized carbons (Fsp3) is 0.353. The molecule has 1 aromatic heterocycles. The van der Waals surface area contributed by atoms with Gasteiger partial charge in [-0.3, -0.25) is 0 Å². The van der Waals surface area contributed by atoms with Crippen LogP contribution in [0.3, 0.4) is 0 Å². The van der Waals surface area contributed by atoms with E-state index in [4.69, 9.17) is 9.47 Å². The largest absolute Gasteiger partial charge is 0.454 e. The van der Waals surface area contributed by atoms with Gasteiger partial charge < -0.3 is 19.7 Å². The van der Waals surface area contributed by atoms with Crippen molar-refractivity contribution in [1.82, 2.24) is 10.2 Å². The molecule has 0 bridgehead atoms. The molecule has 5 nitrogen and oxygen atoms in total. The van der Waals surface area contributed by atoms with E-state index in [-0.39, 0.29) is 12.8 Å². The summed E-state index contributed by atoms with van der Waals surface area (Å²) in [6, 6.07) is 9.84. The van der Waals surface area contributed by atoms with Crippen LogP contribution in [0.4, 0.5) is 4.79 Å². The summed E-state index contributed by atoms with van der Waals surface area (Å²) in [6.07, 6.45) is 1.03. The molecular formula is C17H20N2O3S. The summed E-state index contributed by atoms with van der Waals surface area (Å²) in [5.74, 6) is 1.49. The van der Waals surface area contributed by atoms with Crippen LogP contribution in [0.2, 0.25) is 0 Å². The van der Waals surface area contributed by atoms with E-state index in [1.807, 2.05) is 18.2 Å². The summed E-state index contributed by atoms with van der Waals surface area (Å²) in [5.41, 5.74) is 1.01. The van der Waals surface area contributed by atoms with Crippen molar-refractivity contribution in [2.75, 3.05) is 13.8 Å². The van der Waals surface area contributed by atoms with E-state index in [1.165, 1.54) is 9.75 Å². The Morgan fingerprint density at radius 3 is 2.78 bits per heavy atom. The molecule has 1 aliphatic heterocycles. The second kappa shape index (κ2) is 6.91. The SMILES string of the molecule is CCc1ccc(CNC(=O)N(C)Cc2ccc3c(c2)OCO3)s1. The minimum absolute atomic E-state index is 0.0888. The van der Waals surface area contributed by atoms with Gasteiger partial charge in [-0.1, -0.05) is 13.0 Å². The zero-order valence-corrected chi connectivity index (χ0v) is 14.1. The van der Waals surface area contributed by atoms with Gasteiger partial charge in [0.05, 0.1) is 6.54 Å². The first-order valence-electron chi connectivity index (χ1n) is 7.61. The van der Waals surface area contributed by atoms with E-state index in [0.29, 0.717) is 13.1 Å². The van der Waals surface area contributed by atoms with Crippen LogP contribution >= 0.6 is 11.3 Å². The highest BCUT2D eigenvalue weighted by atomic mass is 32.1. The van der Waals surface area contributed by atoms with Gasteiger partial charge in [-0.25, -0.2) is 4.79 Å². The number of ether oxygens (including phenoxy) is 2. The first-order valence-corrected chi connectivity index (χ1v) is 8.42. The number of rotatable bonds is 5. The third kappa shape index (κ3) is 3.76. The molecule has 2 amide bonds. The van der Waals surface area contributed by atoms with Crippen LogP contribution in [0.15, 0.2) is 30.3 Å². The molecule has 0 spiro atoms. The fourth-order valence-corrected chi connectivity index (χ4v) is 3.29. The predicted octanol–water partition coefficient (Wildman–Crippen LogP) is 3.38. The standard InChI is InChI=1S/C17H20N2O3S/c1-3-13-5-6-14(23-13)9-18-17(20)19(2)10-12-4-7-15-16(8-12)22-11-21-15/h4-8H,3,9-11H2,1-2H3,(H,18,20). The normalized spacial score (nSPS) is 12.3. The van der Waals surface area contributed by atoms with Crippen LogP contribution in [0.25, 0.3) is 0 Å². The van der Waals surface area contributed by atoms with E-state index in [0.717, 1.165) is 23.5 Å². The van der Waals surface area contributed by atoms with Crippen LogP contribution in [0.1, 0.15) is 22.2 Å². The second-order valence-electron chi connectivity index (χ2n) is 5.42. The number of carbonyl (C=O) groups is 1. The van der Waals surface area contributed by atoms with Gasteiger partial charge in [0.2, 0.25) is 6.79 Å². The van der Waals surface area contributed by atoms with Gasteiger partial charge in [0, 0.05) is 23.3 Å². The Labute approximate surface area is 139 Å². The molecule has 0 unspecified atom stereocenters. The van der Waals surface area contributed by atoms with E-state index in [2.05, 4.69) is 24.4 Å². The van der Waals surface area contributed by atoms with Crippen molar-refractivity contribution in [2.45, 2.75) is 26.4 Å². The van der Waals surface area contributed by atoms with E-state index in [9.17, 15) is 4.79 Å². The van der Waals surface area contributed by atoms with Crippen molar-refractivity contribution in [3.05, 3.63) is 45.6 Å². The summed E-state index contributed by atoms with van der Waals surface area (Å²) >= 11 is 1.74. The number of fused-ring (bicyclic) bond motifs is 1. The van der Waals surface area contributed by atoms with Crippen molar-refractivity contribution in [2.24, 2.45) is 0 Å². The number of carbonyl (C=O) groups excluding carboxylic acids is 1. The fourth-order valence-electron chi connectivity index (χ4n) is 2.39. The van der Waals surface area contributed by atoms with Gasteiger partial charge in [-0.2, -0.15) is 0 Å². The Hall–Kier alpha value is -2.21. The first-order chi connectivity index (χ1) is 11.2. The van der Waals surface area contributed by atoms with Crippen LogP contribution in [-0.2, 0) is 19.5 Å². The Morgan fingerprint density at radius 2 is 2.00 bits per heavy atom. The second-order valence-corrected chi connectivity index (χ2v) is 6.68. The third-order valence-electron chi connectivity index (χ3n) is 3.68. The quantitative estimate of drug-likeness (QED) is 0.913. The third-order valence-corrected chi connectivity index (χ3v) is 4.91. The van der Waals surface area contributed by atoms with Crippen molar-refractivity contribution in [3.63, 3.8) is 0 Å². The van der Waals surface area contributed by atoms with Crippen LogP contribution < -0.4 is 14.8 Å². The molecule has 3 rings (SSSR count). The molecule has 2 aromatic rings. The average molecular weight is 332 g/mol. The zero-order chi connectivity index (χ0) is 16.2. The lowest BCUT2D eigenvalue weighted by molar-refractivity contribution is 0.174. The smallest absolute Gasteiger partial charge is 0.317 e. The van der Waals surface area contributed by atoms with Crippen molar-refractivity contribution in [1.29, 1.82) is 0 Å². The molecule has 2 heterocycles. The van der Waals surface area contributed by atoms with Crippen molar-refractivity contribution in [3.8, 4) is 11.5 Å². The lowest BCUT2D eigenvalue weighted by Crippen LogP contribution is -2.36. The summed E-state index contributed by atoms with van der Waals surface area (Å²) < 4.78 is 10.7. The lowest BCUT2D eigenvalue weighted by atomic mass is 10.2. The van der Waals surface area contributed by atoms with Gasteiger partial charge in [-0.05, 0) is 36.2 Å². The first kappa shape index (κ1) is 15.7. The average Bonchev–Trinajstić information content (AvgIpc) is 3.20. The van der Waals surface area contributed by atoms with E-state index in [1.54, 1.807) is 23.3 Å². The highest BCUT2D eigenvalue weighted by Gasteiger charge is 2.15. The molecule has 0 saturated carbocycles. The molecule has 0 saturated heterocycles. The number of nitrogens with one attached hydrogen (secondary N) is 1. The monoisotopic (exact) mass is 332 g/mol. The number of benzene rings is 1. The van der Waals surface area contributed by atoms with Gasteiger partial charge in [-0.15, -0.1) is 11.3 Å². The minimum atomic E-state index is -0.0888. The van der Waals surface area contributed by atoms with Gasteiger partial charge in [0.15, 0.2) is 11.5 Å². The maximum absolute atomic E-state index is 12.2. The Balaban J connectivity index is 1.53. The Bertz CT molecular complexity index is 699. The molecule has 0 atom stereocenters. The highest BCUT2D eigenvalue weighted by Crippen LogP contribution is 2.32. The Morgan fingerprint density at radius 1 is 1.22 bits per heavy atom. The molecule has 1 N–H and O–H groups in total. The number of aryl methyl sites for hydroxylation is 1. The molecule has 0 aliphatic carbocycles. The number of hydrogen-bond donors (Lipinski definition) is 1. The summed E-state index contributed by atoms with van der Waals surface area (Å²) in [4.78, 5) is 16.4. The molecular weight excluding hydrogens is 312 g/mol. The maximum Gasteiger partial charge on any atom is 0.317 e. The van der Waals surface area contributed by atoms with Gasteiger partial charge in [0.1, 0.15) is 0 Å². The molecule has 1 aromatic carbocycles. The molecule has 0 radical (unpaired) electrons. The maximum atomic E-state index is 12.2. The summed E-state index contributed by atoms with van der Waals surface area (Å²) in [6.45, 7) is 3.48. The Kier molecular flexibility index (Phi) is 4.71. The van der Waals surface area contributed by atoms with Crippen LogP contribution in [0.5, 0.6) is 11.5 Å².